The first kappa shape index (κ1) is 28.6. The van der Waals surface area contributed by atoms with Gasteiger partial charge < -0.3 is 32.2 Å². The van der Waals surface area contributed by atoms with Crippen LogP contribution in [-0.2, 0) is 36.2 Å². The van der Waals surface area contributed by atoms with Crippen molar-refractivity contribution in [3.63, 3.8) is 0 Å². The summed E-state index contributed by atoms with van der Waals surface area (Å²) in [5.41, 5.74) is 0. The van der Waals surface area contributed by atoms with E-state index in [1.54, 1.807) is 0 Å². The Morgan fingerprint density at radius 2 is 0.800 bits per heavy atom. The van der Waals surface area contributed by atoms with E-state index in [0.29, 0.717) is 0 Å². The van der Waals surface area contributed by atoms with Gasteiger partial charge in [-0.15, -0.1) is 9.35 Å². The summed E-state index contributed by atoms with van der Waals surface area (Å²) >= 11 is 0. The van der Waals surface area contributed by atoms with Crippen molar-refractivity contribution in [2.45, 2.75) is 0 Å². The Hall–Kier alpha value is 3.79. The van der Waals surface area contributed by atoms with Crippen LogP contribution in [-0.4, -0.2) is 29.4 Å². The van der Waals surface area contributed by atoms with E-state index in [9.17, 15) is 18.3 Å². The molecule has 0 aliphatic carbocycles. The van der Waals surface area contributed by atoms with Crippen molar-refractivity contribution < 1.29 is 171 Å². The zero-order valence-corrected chi connectivity index (χ0v) is 19.6. The van der Waals surface area contributed by atoms with Crippen molar-refractivity contribution in [3.05, 3.63) is 0 Å². The van der Waals surface area contributed by atoms with Crippen LogP contribution in [0.2, 0.25) is 0 Å². The van der Waals surface area contributed by atoms with E-state index in [2.05, 4.69) is 18.0 Å². The van der Waals surface area contributed by atoms with Crippen molar-refractivity contribution in [2.24, 2.45) is 0 Å². The first-order chi connectivity index (χ1) is 7.62. The maximum atomic E-state index is 10.7. The van der Waals surface area contributed by atoms with Gasteiger partial charge >= 0.3 is 134 Å². The molecule has 0 rings (SSSR count). The third-order valence-electron chi connectivity index (χ3n) is 0.641. The Balaban J connectivity index is -0.000000241. The summed E-state index contributed by atoms with van der Waals surface area (Å²) in [7, 11) is -22.2. The third-order valence-corrected chi connectivity index (χ3v) is 4.64. The largest absolute Gasteiger partial charge is 1.00 e. The molecule has 0 saturated heterocycles. The second kappa shape index (κ2) is 10.7. The van der Waals surface area contributed by atoms with Crippen molar-refractivity contribution >= 4 is 31.3 Å². The topological polar surface area (TPSA) is 227 Å². The van der Waals surface area contributed by atoms with Crippen LogP contribution >= 0.6 is 31.3 Å². The molecule has 0 radical (unpaired) electrons. The number of hydrogen-bond donors (Lipinski definition) is 6. The molecular formula is H8K2O14P4. The number of hydrogen-bond acceptors (Lipinski definition) is 8. The van der Waals surface area contributed by atoms with E-state index in [-0.39, 0.29) is 106 Å². The zero-order valence-electron chi connectivity index (χ0n) is 11.7. The van der Waals surface area contributed by atoms with Gasteiger partial charge in [-0.3, -0.25) is 0 Å². The van der Waals surface area contributed by atoms with E-state index in [1.165, 1.54) is 0 Å². The summed E-state index contributed by atoms with van der Waals surface area (Å²) in [6.45, 7) is 0. The molecule has 0 fully saturated rings. The van der Waals surface area contributed by atoms with Gasteiger partial charge in [0.05, 0.1) is 0 Å². The van der Waals surface area contributed by atoms with Crippen molar-refractivity contribution in [1.29, 1.82) is 0 Å². The minimum Gasteiger partial charge on any atom is -1.00 e. The molecule has 0 aromatic carbocycles. The van der Waals surface area contributed by atoms with Gasteiger partial charge in [-0.1, -0.05) is 0 Å². The van der Waals surface area contributed by atoms with Gasteiger partial charge in [0, 0.05) is 0 Å². The van der Waals surface area contributed by atoms with Gasteiger partial charge in [0.1, 0.15) is 0 Å². The Morgan fingerprint density at radius 1 is 0.600 bits per heavy atom. The second-order valence-electron chi connectivity index (χ2n) is 2.23. The van der Waals surface area contributed by atoms with E-state index < -0.39 is 31.3 Å². The summed E-state index contributed by atoms with van der Waals surface area (Å²) in [6.07, 6.45) is 0. The van der Waals surface area contributed by atoms with Crippen LogP contribution in [0.4, 0.5) is 0 Å². The van der Waals surface area contributed by atoms with Crippen molar-refractivity contribution in [1.82, 2.24) is 0 Å². The summed E-state index contributed by atoms with van der Waals surface area (Å²) in [4.78, 5) is 49.5. The van der Waals surface area contributed by atoms with Crippen molar-refractivity contribution in [3.8, 4) is 0 Å². The SMILES string of the molecule is O=P(O)(O)OP(=O)(O)OOP(=O)(O)OP(=O)(O)O.[H-].[H-].[K+].[K+]. The fraction of sp³-hybridized carbons (Fsp3) is 0. The molecule has 6 N–H and O–H groups in total. The fourth-order valence-corrected chi connectivity index (χ4v) is 3.42. The molecule has 0 aromatic heterocycles. The molecule has 20 heavy (non-hydrogen) atoms. The van der Waals surface area contributed by atoms with Gasteiger partial charge in [0.15, 0.2) is 0 Å². The molecule has 20 heteroatoms. The summed E-state index contributed by atoms with van der Waals surface area (Å²) < 4.78 is 54.0. The average molecular weight is 434 g/mol. The van der Waals surface area contributed by atoms with Gasteiger partial charge in [-0.2, -0.15) is 8.62 Å². The van der Waals surface area contributed by atoms with E-state index in [1.807, 2.05) is 0 Å². The summed E-state index contributed by atoms with van der Waals surface area (Å²) in [5.74, 6) is 0. The first-order valence-electron chi connectivity index (χ1n) is 3.19. The summed E-state index contributed by atoms with van der Waals surface area (Å²) in [6, 6.07) is 0. The van der Waals surface area contributed by atoms with Gasteiger partial charge in [-0.05, 0) is 0 Å². The molecule has 2 atom stereocenters. The van der Waals surface area contributed by atoms with Crippen LogP contribution in [0.1, 0.15) is 2.85 Å². The maximum absolute atomic E-state index is 10.7. The van der Waals surface area contributed by atoms with Crippen molar-refractivity contribution in [2.75, 3.05) is 0 Å². The van der Waals surface area contributed by atoms with E-state index in [0.717, 1.165) is 0 Å². The van der Waals surface area contributed by atoms with Crippen LogP contribution in [0.5, 0.6) is 0 Å². The predicted octanol–water partition coefficient (Wildman–Crippen LogP) is -6.41. The first-order valence-corrected chi connectivity index (χ1v) is 9.24. The van der Waals surface area contributed by atoms with Crippen LogP contribution in [0.15, 0.2) is 0 Å². The molecule has 114 valence electrons. The predicted molar refractivity (Wildman–Crippen MR) is 50.3 cm³/mol. The molecule has 0 saturated carbocycles. The summed E-state index contributed by atoms with van der Waals surface area (Å²) in [5, 5.41) is 0. The quantitative estimate of drug-likeness (QED) is 0.0948. The minimum atomic E-state index is -5.63. The number of rotatable bonds is 7. The molecule has 0 bridgehead atoms. The Morgan fingerprint density at radius 3 is 0.950 bits per heavy atom. The normalized spacial score (nSPS) is 18.1. The monoisotopic (exact) mass is 434 g/mol. The molecule has 0 aromatic rings. The number of phosphoric acid groups is 4. The molecule has 0 heterocycles. The van der Waals surface area contributed by atoms with Gasteiger partial charge in [-0.25, -0.2) is 18.3 Å². The van der Waals surface area contributed by atoms with Crippen LogP contribution < -0.4 is 103 Å². The molecule has 14 nitrogen and oxygen atoms in total. The Kier molecular flexibility index (Phi) is 15.3. The standard InChI is InChI=1S/2K.H6O14P4.2H/c;;1-15(2,3)13-17(7,8)11-12-18(9,10)14-16(4,5)6;;/h;;(H,7,8)(H,9,10)(H2,1,2,3)(H2,4,5,6);;/q2*+1;;2*-1. The molecule has 0 amide bonds. The van der Waals surface area contributed by atoms with E-state index in [4.69, 9.17) is 29.4 Å². The second-order valence-corrected chi connectivity index (χ2v) is 7.67. The van der Waals surface area contributed by atoms with Gasteiger partial charge in [0.25, 0.3) is 0 Å². The minimum absolute atomic E-state index is 0. The van der Waals surface area contributed by atoms with E-state index >= 15 is 0 Å². The Labute approximate surface area is 199 Å². The molecule has 0 spiro atoms. The van der Waals surface area contributed by atoms with Crippen LogP contribution in [0.25, 0.3) is 0 Å². The third kappa shape index (κ3) is 18.1. The zero-order chi connectivity index (χ0) is 14.8. The van der Waals surface area contributed by atoms with Crippen LogP contribution in [0, 0.1) is 0 Å². The average Bonchev–Trinajstić information content (AvgIpc) is 1.91. The van der Waals surface area contributed by atoms with Crippen LogP contribution in [0.3, 0.4) is 0 Å². The molecular weight excluding hydrogens is 426 g/mol. The smallest absolute Gasteiger partial charge is 1.00 e. The molecule has 2 unspecified atom stereocenters. The Bertz CT molecular complexity index is 433. The fourth-order valence-electron chi connectivity index (χ4n) is 0.380. The molecule has 0 aliphatic rings. The maximum Gasteiger partial charge on any atom is 1.00 e. The molecule has 0 aliphatic heterocycles. The van der Waals surface area contributed by atoms with Gasteiger partial charge in [0.2, 0.25) is 0 Å².